The van der Waals surface area contributed by atoms with E-state index < -0.39 is 17.5 Å². The summed E-state index contributed by atoms with van der Waals surface area (Å²) in [5, 5.41) is -0.241. The molecule has 0 atom stereocenters. The average molecular weight is 303 g/mol. The molecule has 1 amide bonds. The van der Waals surface area contributed by atoms with E-state index in [-0.39, 0.29) is 24.2 Å². The molecule has 0 N–H and O–H groups in total. The molecule has 110 valence electrons. The second-order valence-electron chi connectivity index (χ2n) is 5.48. The summed E-state index contributed by atoms with van der Waals surface area (Å²) in [5.41, 5.74) is -0.119. The van der Waals surface area contributed by atoms with E-state index in [0.717, 1.165) is 0 Å². The Bertz CT molecular complexity index is 531. The van der Waals surface area contributed by atoms with E-state index in [4.69, 9.17) is 21.1 Å². The molecule has 0 aromatic carbocycles. The summed E-state index contributed by atoms with van der Waals surface area (Å²) in [6, 6.07) is 1.23. The Balaban J connectivity index is 2.19. The number of hydrogen-bond acceptors (Lipinski definition) is 4. The van der Waals surface area contributed by atoms with Crippen LogP contribution in [-0.2, 0) is 11.3 Å². The van der Waals surface area contributed by atoms with Crippen LogP contribution < -0.4 is 4.74 Å². The van der Waals surface area contributed by atoms with Crippen LogP contribution in [0.15, 0.2) is 6.07 Å². The minimum absolute atomic E-state index is 0.172. The quantitative estimate of drug-likeness (QED) is 0.691. The summed E-state index contributed by atoms with van der Waals surface area (Å²) in [5.74, 6) is -0.387. The molecule has 1 aliphatic rings. The van der Waals surface area contributed by atoms with Gasteiger partial charge >= 0.3 is 6.09 Å². The predicted octanol–water partition coefficient (Wildman–Crippen LogP) is 3.00. The van der Waals surface area contributed by atoms with Crippen molar-refractivity contribution in [2.75, 3.05) is 13.2 Å². The molecule has 0 radical (unpaired) electrons. The summed E-state index contributed by atoms with van der Waals surface area (Å²) >= 11 is 5.61. The van der Waals surface area contributed by atoms with E-state index in [2.05, 4.69) is 4.98 Å². The van der Waals surface area contributed by atoms with Crippen LogP contribution in [0.5, 0.6) is 5.88 Å². The third-order valence-electron chi connectivity index (χ3n) is 2.59. The highest BCUT2D eigenvalue weighted by molar-refractivity contribution is 6.29. The van der Waals surface area contributed by atoms with Crippen LogP contribution in [0.1, 0.15) is 26.3 Å². The van der Waals surface area contributed by atoms with Gasteiger partial charge in [0.1, 0.15) is 12.2 Å². The first-order valence-corrected chi connectivity index (χ1v) is 6.60. The summed E-state index contributed by atoms with van der Waals surface area (Å²) in [4.78, 5) is 17.3. The number of rotatable bonds is 0. The number of hydrogen-bond donors (Lipinski definition) is 0. The van der Waals surface area contributed by atoms with E-state index in [1.54, 1.807) is 20.8 Å². The van der Waals surface area contributed by atoms with Crippen LogP contribution in [0.4, 0.5) is 9.18 Å². The Morgan fingerprint density at radius 3 is 2.90 bits per heavy atom. The van der Waals surface area contributed by atoms with Gasteiger partial charge in [0.25, 0.3) is 0 Å². The van der Waals surface area contributed by atoms with Crippen molar-refractivity contribution < 1.29 is 18.7 Å². The van der Waals surface area contributed by atoms with Crippen LogP contribution >= 0.6 is 11.6 Å². The van der Waals surface area contributed by atoms with Crippen molar-refractivity contribution in [3.05, 3.63) is 22.6 Å². The van der Waals surface area contributed by atoms with E-state index in [1.165, 1.54) is 11.0 Å². The number of ether oxygens (including phenoxy) is 2. The molecule has 0 fully saturated rings. The number of carbonyl (C=O) groups is 1. The lowest BCUT2D eigenvalue weighted by Crippen LogP contribution is -2.37. The predicted molar refractivity (Wildman–Crippen MR) is 71.3 cm³/mol. The van der Waals surface area contributed by atoms with Gasteiger partial charge in [-0.25, -0.2) is 9.18 Å². The summed E-state index contributed by atoms with van der Waals surface area (Å²) in [6.07, 6.45) is -0.468. The Morgan fingerprint density at radius 1 is 1.55 bits per heavy atom. The largest absolute Gasteiger partial charge is 0.475 e. The molecular formula is C13H16ClFN2O3. The van der Waals surface area contributed by atoms with Gasteiger partial charge in [-0.15, -0.1) is 0 Å². The van der Waals surface area contributed by atoms with E-state index >= 15 is 0 Å². The first-order valence-electron chi connectivity index (χ1n) is 6.22. The lowest BCUT2D eigenvalue weighted by molar-refractivity contribution is 0.0225. The molecule has 5 nitrogen and oxygen atoms in total. The van der Waals surface area contributed by atoms with Crippen molar-refractivity contribution in [2.45, 2.75) is 32.9 Å². The second kappa shape index (κ2) is 5.44. The second-order valence-corrected chi connectivity index (χ2v) is 5.83. The zero-order chi connectivity index (χ0) is 14.9. The fourth-order valence-electron chi connectivity index (χ4n) is 1.75. The summed E-state index contributed by atoms with van der Waals surface area (Å²) in [6.45, 7) is 6.12. The molecule has 2 heterocycles. The molecule has 1 aromatic heterocycles. The van der Waals surface area contributed by atoms with Crippen LogP contribution in [0.2, 0.25) is 5.15 Å². The number of pyridine rings is 1. The molecule has 0 bridgehead atoms. The van der Waals surface area contributed by atoms with Crippen LogP contribution in [0.25, 0.3) is 0 Å². The van der Waals surface area contributed by atoms with Gasteiger partial charge in [0, 0.05) is 5.56 Å². The molecule has 0 saturated carbocycles. The lowest BCUT2D eigenvalue weighted by Gasteiger charge is -2.25. The molecule has 0 aliphatic carbocycles. The topological polar surface area (TPSA) is 51.7 Å². The molecule has 2 rings (SSSR count). The molecular weight excluding hydrogens is 287 g/mol. The molecule has 0 spiro atoms. The van der Waals surface area contributed by atoms with Gasteiger partial charge in [0.2, 0.25) is 5.88 Å². The number of fused-ring (bicyclic) bond motifs is 1. The van der Waals surface area contributed by atoms with Gasteiger partial charge in [-0.2, -0.15) is 4.98 Å². The van der Waals surface area contributed by atoms with Crippen molar-refractivity contribution in [1.82, 2.24) is 9.88 Å². The summed E-state index contributed by atoms with van der Waals surface area (Å²) < 4.78 is 24.1. The van der Waals surface area contributed by atoms with E-state index in [1.807, 2.05) is 0 Å². The average Bonchev–Trinajstić information content (AvgIpc) is 2.50. The first-order chi connectivity index (χ1) is 9.26. The molecule has 1 aliphatic heterocycles. The fraction of sp³-hybridized carbons (Fsp3) is 0.538. The Kier molecular flexibility index (Phi) is 4.04. The maximum absolute atomic E-state index is 13.5. The van der Waals surface area contributed by atoms with Crippen molar-refractivity contribution in [3.8, 4) is 5.88 Å². The molecule has 1 aromatic rings. The SMILES string of the molecule is CC(C)(C)OC(=O)N1CCOc2nc(Cl)c(F)cc2C1. The van der Waals surface area contributed by atoms with Crippen LogP contribution in [0, 0.1) is 5.82 Å². The van der Waals surface area contributed by atoms with Crippen molar-refractivity contribution >= 4 is 17.7 Å². The summed E-state index contributed by atoms with van der Waals surface area (Å²) in [7, 11) is 0. The third-order valence-corrected chi connectivity index (χ3v) is 2.85. The van der Waals surface area contributed by atoms with Gasteiger partial charge < -0.3 is 14.4 Å². The van der Waals surface area contributed by atoms with E-state index in [0.29, 0.717) is 12.1 Å². The Morgan fingerprint density at radius 2 is 2.25 bits per heavy atom. The highest BCUT2D eigenvalue weighted by Gasteiger charge is 2.26. The highest BCUT2D eigenvalue weighted by Crippen LogP contribution is 2.26. The van der Waals surface area contributed by atoms with Gasteiger partial charge in [0.05, 0.1) is 13.1 Å². The number of amides is 1. The van der Waals surface area contributed by atoms with Crippen LogP contribution in [-0.4, -0.2) is 34.7 Å². The fourth-order valence-corrected chi connectivity index (χ4v) is 1.88. The Labute approximate surface area is 121 Å². The third kappa shape index (κ3) is 3.50. The lowest BCUT2D eigenvalue weighted by atomic mass is 10.2. The Hall–Kier alpha value is -1.56. The van der Waals surface area contributed by atoms with Crippen molar-refractivity contribution in [3.63, 3.8) is 0 Å². The molecule has 7 heteroatoms. The zero-order valence-electron chi connectivity index (χ0n) is 11.6. The van der Waals surface area contributed by atoms with Crippen molar-refractivity contribution in [1.29, 1.82) is 0 Å². The first kappa shape index (κ1) is 14.8. The maximum Gasteiger partial charge on any atom is 0.410 e. The number of carbonyl (C=O) groups excluding carboxylic acids is 1. The van der Waals surface area contributed by atoms with E-state index in [9.17, 15) is 9.18 Å². The molecule has 0 unspecified atom stereocenters. The van der Waals surface area contributed by atoms with Gasteiger partial charge in [-0.05, 0) is 26.8 Å². The normalized spacial score (nSPS) is 15.2. The zero-order valence-corrected chi connectivity index (χ0v) is 12.3. The highest BCUT2D eigenvalue weighted by atomic mass is 35.5. The molecule has 0 saturated heterocycles. The number of halogens is 2. The molecule has 20 heavy (non-hydrogen) atoms. The van der Waals surface area contributed by atoms with Gasteiger partial charge in [-0.1, -0.05) is 11.6 Å². The van der Waals surface area contributed by atoms with Crippen molar-refractivity contribution in [2.24, 2.45) is 0 Å². The number of aromatic nitrogens is 1. The smallest absolute Gasteiger partial charge is 0.410 e. The standard InChI is InChI=1S/C13H16ClFN2O3/c1-13(2,3)20-12(18)17-4-5-19-11-8(7-17)6-9(15)10(14)16-11/h6H,4-5,7H2,1-3H3. The van der Waals surface area contributed by atoms with Gasteiger partial charge in [-0.3, -0.25) is 0 Å². The minimum atomic E-state index is -0.639. The minimum Gasteiger partial charge on any atom is -0.475 e. The maximum atomic E-state index is 13.5. The number of nitrogens with zero attached hydrogens (tertiary/aromatic N) is 2. The van der Waals surface area contributed by atoms with Gasteiger partial charge in [0.15, 0.2) is 11.0 Å². The monoisotopic (exact) mass is 302 g/mol. The van der Waals surface area contributed by atoms with Crippen LogP contribution in [0.3, 0.4) is 0 Å².